The quantitative estimate of drug-likeness (QED) is 0.752. The molecule has 0 saturated heterocycles. The summed E-state index contributed by atoms with van der Waals surface area (Å²) in [5.74, 6) is 0.563. The van der Waals surface area contributed by atoms with E-state index in [4.69, 9.17) is 10.5 Å². The van der Waals surface area contributed by atoms with Gasteiger partial charge in [-0.1, -0.05) is 6.07 Å². The highest BCUT2D eigenvalue weighted by Gasteiger charge is 2.09. The van der Waals surface area contributed by atoms with Crippen molar-refractivity contribution in [2.45, 2.75) is 13.5 Å². The highest BCUT2D eigenvalue weighted by molar-refractivity contribution is 5.95. The van der Waals surface area contributed by atoms with Crippen LogP contribution in [0, 0.1) is 6.92 Å². The molecule has 0 aliphatic rings. The number of rotatable bonds is 4. The van der Waals surface area contributed by atoms with E-state index in [1.165, 1.54) is 6.07 Å². The summed E-state index contributed by atoms with van der Waals surface area (Å²) in [7, 11) is 1.56. The van der Waals surface area contributed by atoms with Gasteiger partial charge < -0.3 is 20.9 Å². The predicted octanol–water partition coefficient (Wildman–Crippen LogP) is 2.22. The Morgan fingerprint density at radius 2 is 2.05 bits per heavy atom. The van der Waals surface area contributed by atoms with E-state index < -0.39 is 0 Å². The lowest BCUT2D eigenvalue weighted by Crippen LogP contribution is -2.23. The molecule has 5 heteroatoms. The number of anilines is 1. The van der Waals surface area contributed by atoms with E-state index in [9.17, 15) is 9.90 Å². The second-order valence-corrected chi connectivity index (χ2v) is 4.76. The molecular weight excluding hydrogens is 268 g/mol. The van der Waals surface area contributed by atoms with Crippen molar-refractivity contribution in [3.05, 3.63) is 53.1 Å². The summed E-state index contributed by atoms with van der Waals surface area (Å²) in [5.41, 5.74) is 8.50. The zero-order valence-corrected chi connectivity index (χ0v) is 12.0. The van der Waals surface area contributed by atoms with Crippen LogP contribution in [-0.4, -0.2) is 18.1 Å². The fraction of sp³-hybridized carbons (Fsp3) is 0.188. The smallest absolute Gasteiger partial charge is 0.251 e. The molecule has 0 aromatic heterocycles. The third-order valence-electron chi connectivity index (χ3n) is 3.20. The van der Waals surface area contributed by atoms with E-state index in [1.54, 1.807) is 38.3 Å². The van der Waals surface area contributed by atoms with E-state index >= 15 is 0 Å². The van der Waals surface area contributed by atoms with Gasteiger partial charge in [0, 0.05) is 12.1 Å². The molecule has 5 nitrogen and oxygen atoms in total. The topological polar surface area (TPSA) is 84.6 Å². The standard InChI is InChI=1S/C16H18N2O3/c1-10-7-12(19)4-5-13(10)16(20)18-9-11-3-6-15(21-2)14(17)8-11/h3-8,19H,9,17H2,1-2H3,(H,18,20). The van der Waals surface area contributed by atoms with Crippen LogP contribution in [0.4, 0.5) is 5.69 Å². The van der Waals surface area contributed by atoms with Crippen LogP contribution >= 0.6 is 0 Å². The highest BCUT2D eigenvalue weighted by atomic mass is 16.5. The van der Waals surface area contributed by atoms with Gasteiger partial charge in [-0.15, -0.1) is 0 Å². The number of carbonyl (C=O) groups excluding carboxylic acids is 1. The lowest BCUT2D eigenvalue weighted by molar-refractivity contribution is 0.0950. The average Bonchev–Trinajstić information content (AvgIpc) is 2.45. The lowest BCUT2D eigenvalue weighted by atomic mass is 10.1. The van der Waals surface area contributed by atoms with Gasteiger partial charge in [0.1, 0.15) is 11.5 Å². The molecule has 0 unspecified atom stereocenters. The van der Waals surface area contributed by atoms with Gasteiger partial charge in [-0.05, 0) is 48.4 Å². The van der Waals surface area contributed by atoms with Gasteiger partial charge in [0.2, 0.25) is 0 Å². The molecule has 0 heterocycles. The third kappa shape index (κ3) is 3.45. The minimum atomic E-state index is -0.193. The number of amides is 1. The molecule has 0 atom stereocenters. The van der Waals surface area contributed by atoms with Crippen LogP contribution in [0.2, 0.25) is 0 Å². The van der Waals surface area contributed by atoms with Crippen molar-refractivity contribution >= 4 is 11.6 Å². The van der Waals surface area contributed by atoms with Crippen LogP contribution < -0.4 is 15.8 Å². The van der Waals surface area contributed by atoms with Crippen LogP contribution in [0.15, 0.2) is 36.4 Å². The first-order valence-electron chi connectivity index (χ1n) is 6.51. The molecule has 0 saturated carbocycles. The number of methoxy groups -OCH3 is 1. The number of nitrogen functional groups attached to an aromatic ring is 1. The average molecular weight is 286 g/mol. The van der Waals surface area contributed by atoms with Crippen molar-refractivity contribution in [2.75, 3.05) is 12.8 Å². The van der Waals surface area contributed by atoms with Gasteiger partial charge in [0.15, 0.2) is 0 Å². The summed E-state index contributed by atoms with van der Waals surface area (Å²) >= 11 is 0. The highest BCUT2D eigenvalue weighted by Crippen LogP contribution is 2.22. The molecule has 2 aromatic carbocycles. The summed E-state index contributed by atoms with van der Waals surface area (Å²) in [5, 5.41) is 12.2. The van der Waals surface area contributed by atoms with Gasteiger partial charge in [0.05, 0.1) is 12.8 Å². The number of hydrogen-bond acceptors (Lipinski definition) is 4. The van der Waals surface area contributed by atoms with Gasteiger partial charge in [-0.25, -0.2) is 0 Å². The molecule has 110 valence electrons. The fourth-order valence-corrected chi connectivity index (χ4v) is 2.07. The molecule has 2 rings (SSSR count). The zero-order valence-electron chi connectivity index (χ0n) is 12.0. The Bertz CT molecular complexity index is 669. The number of nitrogens with one attached hydrogen (secondary N) is 1. The Labute approximate surface area is 123 Å². The fourth-order valence-electron chi connectivity index (χ4n) is 2.07. The van der Waals surface area contributed by atoms with E-state index in [0.717, 1.165) is 11.1 Å². The summed E-state index contributed by atoms with van der Waals surface area (Å²) < 4.78 is 5.09. The van der Waals surface area contributed by atoms with Crippen molar-refractivity contribution in [1.82, 2.24) is 5.32 Å². The normalized spacial score (nSPS) is 10.2. The summed E-state index contributed by atoms with van der Waals surface area (Å²) in [4.78, 5) is 12.1. The van der Waals surface area contributed by atoms with Gasteiger partial charge in [0.25, 0.3) is 5.91 Å². The second-order valence-electron chi connectivity index (χ2n) is 4.76. The molecule has 0 aliphatic heterocycles. The van der Waals surface area contributed by atoms with Gasteiger partial charge in [-0.3, -0.25) is 4.79 Å². The summed E-state index contributed by atoms with van der Waals surface area (Å²) in [6.07, 6.45) is 0. The number of hydrogen-bond donors (Lipinski definition) is 3. The molecule has 4 N–H and O–H groups in total. The minimum absolute atomic E-state index is 0.145. The van der Waals surface area contributed by atoms with Crippen LogP contribution in [0.3, 0.4) is 0 Å². The monoisotopic (exact) mass is 286 g/mol. The van der Waals surface area contributed by atoms with Crippen molar-refractivity contribution in [1.29, 1.82) is 0 Å². The Kier molecular flexibility index (Phi) is 4.33. The number of carbonyl (C=O) groups is 1. The maximum Gasteiger partial charge on any atom is 0.251 e. The molecule has 0 spiro atoms. The largest absolute Gasteiger partial charge is 0.508 e. The van der Waals surface area contributed by atoms with Gasteiger partial charge >= 0.3 is 0 Å². The first kappa shape index (κ1) is 14.7. The van der Waals surface area contributed by atoms with Crippen molar-refractivity contribution in [3.8, 4) is 11.5 Å². The Morgan fingerprint density at radius 3 is 2.67 bits per heavy atom. The Hall–Kier alpha value is -2.69. The number of phenols is 1. The van der Waals surface area contributed by atoms with Gasteiger partial charge in [-0.2, -0.15) is 0 Å². The first-order chi connectivity index (χ1) is 10.0. The molecule has 0 radical (unpaired) electrons. The minimum Gasteiger partial charge on any atom is -0.508 e. The number of ether oxygens (including phenoxy) is 1. The van der Waals surface area contributed by atoms with E-state index in [1.807, 2.05) is 6.07 Å². The second kappa shape index (κ2) is 6.17. The maximum atomic E-state index is 12.1. The zero-order chi connectivity index (χ0) is 15.4. The molecule has 0 fully saturated rings. The Morgan fingerprint density at radius 1 is 1.29 bits per heavy atom. The number of nitrogens with two attached hydrogens (primary N) is 1. The van der Waals surface area contributed by atoms with Crippen molar-refractivity contribution in [3.63, 3.8) is 0 Å². The predicted molar refractivity (Wildman–Crippen MR) is 81.4 cm³/mol. The SMILES string of the molecule is COc1ccc(CNC(=O)c2ccc(O)cc2C)cc1N. The lowest BCUT2D eigenvalue weighted by Gasteiger charge is -2.10. The van der Waals surface area contributed by atoms with Crippen molar-refractivity contribution in [2.24, 2.45) is 0 Å². The van der Waals surface area contributed by atoms with E-state index in [2.05, 4.69) is 5.32 Å². The van der Waals surface area contributed by atoms with Crippen LogP contribution in [0.1, 0.15) is 21.5 Å². The summed E-state index contributed by atoms with van der Waals surface area (Å²) in [6.45, 7) is 2.15. The van der Waals surface area contributed by atoms with Crippen LogP contribution in [0.5, 0.6) is 11.5 Å². The van der Waals surface area contributed by atoms with E-state index in [0.29, 0.717) is 23.5 Å². The third-order valence-corrected chi connectivity index (χ3v) is 3.20. The molecule has 0 aliphatic carbocycles. The number of aromatic hydroxyl groups is 1. The number of aryl methyl sites for hydroxylation is 1. The molecule has 0 bridgehead atoms. The summed E-state index contributed by atoms with van der Waals surface area (Å²) in [6, 6.07) is 10.0. The first-order valence-corrected chi connectivity index (χ1v) is 6.51. The van der Waals surface area contributed by atoms with Crippen LogP contribution in [0.25, 0.3) is 0 Å². The van der Waals surface area contributed by atoms with Crippen molar-refractivity contribution < 1.29 is 14.6 Å². The van der Waals surface area contributed by atoms with E-state index in [-0.39, 0.29) is 11.7 Å². The molecule has 2 aromatic rings. The van der Waals surface area contributed by atoms with Crippen LogP contribution in [-0.2, 0) is 6.54 Å². The molecular formula is C16H18N2O3. The molecule has 1 amide bonds. The number of phenolic OH excluding ortho intramolecular Hbond substituents is 1. The molecule has 21 heavy (non-hydrogen) atoms. The maximum absolute atomic E-state index is 12.1. The number of benzene rings is 2. The Balaban J connectivity index is 2.05.